The van der Waals surface area contributed by atoms with E-state index < -0.39 is 5.54 Å². The van der Waals surface area contributed by atoms with E-state index in [-0.39, 0.29) is 24.3 Å². The first-order valence-corrected chi connectivity index (χ1v) is 11.7. The predicted molar refractivity (Wildman–Crippen MR) is 123 cm³/mol. The summed E-state index contributed by atoms with van der Waals surface area (Å²) in [7, 11) is 0. The number of hydrogen-bond acceptors (Lipinski definition) is 6. The molecule has 2 aliphatic heterocycles. The molecule has 1 saturated heterocycles. The molecule has 0 unspecified atom stereocenters. The Morgan fingerprint density at radius 3 is 2.59 bits per heavy atom. The highest BCUT2D eigenvalue weighted by molar-refractivity contribution is 6.32. The highest BCUT2D eigenvalue weighted by Crippen LogP contribution is 2.40. The Morgan fingerprint density at radius 1 is 1.16 bits per heavy atom. The van der Waals surface area contributed by atoms with Gasteiger partial charge in [0.2, 0.25) is 5.91 Å². The topological polar surface area (TPSA) is 93.7 Å². The Hall–Kier alpha value is -2.51. The molecule has 1 saturated carbocycles. The van der Waals surface area contributed by atoms with Crippen molar-refractivity contribution >= 4 is 23.5 Å². The summed E-state index contributed by atoms with van der Waals surface area (Å²) in [4.78, 5) is 19.6. The van der Waals surface area contributed by atoms with Crippen molar-refractivity contribution in [3.63, 3.8) is 0 Å². The molecule has 2 fully saturated rings. The number of ether oxygens (including phenoxy) is 1. The molecule has 0 radical (unpaired) electrons. The molecule has 0 bridgehead atoms. The Labute approximate surface area is 193 Å². The molecule has 1 amide bonds. The number of nitrogens with zero attached hydrogens (tertiary/aromatic N) is 4. The van der Waals surface area contributed by atoms with Crippen molar-refractivity contribution in [3.8, 4) is 0 Å². The van der Waals surface area contributed by atoms with Crippen molar-refractivity contribution in [2.45, 2.75) is 62.9 Å². The third kappa shape index (κ3) is 4.11. The van der Waals surface area contributed by atoms with Crippen LogP contribution in [0.2, 0.25) is 5.02 Å². The standard InChI is InChI=1S/C24H28ClN5O2/c1-24(14-21(31)30(23(26)27-24)18-9-11-32-12-10-18)19-4-2-3-16(22(19)25)13-17-7-8-20(29-28-17)15-5-6-15/h2-4,7-8,15,18H,5-6,9-14H2,1H3,(H2,26,27)/t24-/m0/s1. The van der Waals surface area contributed by atoms with Gasteiger partial charge in [0.1, 0.15) is 0 Å². The zero-order chi connectivity index (χ0) is 22.3. The summed E-state index contributed by atoms with van der Waals surface area (Å²) >= 11 is 6.85. The number of carbonyl (C=O) groups is 1. The van der Waals surface area contributed by atoms with Crippen molar-refractivity contribution in [1.82, 2.24) is 15.1 Å². The van der Waals surface area contributed by atoms with Gasteiger partial charge < -0.3 is 10.5 Å². The second-order valence-electron chi connectivity index (χ2n) is 9.21. The lowest BCUT2D eigenvalue weighted by molar-refractivity contribution is -0.132. The normalized spacial score (nSPS) is 24.5. The fourth-order valence-electron chi connectivity index (χ4n) is 4.73. The lowest BCUT2D eigenvalue weighted by Gasteiger charge is -2.40. The third-order valence-corrected chi connectivity index (χ3v) is 7.14. The van der Waals surface area contributed by atoms with E-state index in [1.54, 1.807) is 4.90 Å². The SMILES string of the molecule is C[C@@]1(c2cccc(Cc3ccc(C4CC4)nn3)c2Cl)CC(=O)N(C2CCOCC2)C(N)=N1. The number of carbonyl (C=O) groups excluding carboxylic acids is 1. The molecule has 5 rings (SSSR count). The van der Waals surface area contributed by atoms with Gasteiger partial charge in [0, 0.05) is 36.6 Å². The van der Waals surface area contributed by atoms with Crippen LogP contribution < -0.4 is 5.73 Å². The average molecular weight is 454 g/mol. The second-order valence-corrected chi connectivity index (χ2v) is 9.59. The van der Waals surface area contributed by atoms with E-state index in [1.807, 2.05) is 31.2 Å². The van der Waals surface area contributed by atoms with Crippen molar-refractivity contribution < 1.29 is 9.53 Å². The number of amides is 1. The molecule has 1 aliphatic carbocycles. The molecule has 1 aromatic heterocycles. The third-order valence-electron chi connectivity index (χ3n) is 6.69. The van der Waals surface area contributed by atoms with Crippen LogP contribution in [0.15, 0.2) is 35.3 Å². The van der Waals surface area contributed by atoms with E-state index in [1.165, 1.54) is 12.8 Å². The van der Waals surface area contributed by atoms with Gasteiger partial charge in [0.25, 0.3) is 0 Å². The minimum atomic E-state index is -0.808. The van der Waals surface area contributed by atoms with Gasteiger partial charge >= 0.3 is 0 Å². The minimum absolute atomic E-state index is 0.0186. The summed E-state index contributed by atoms with van der Waals surface area (Å²) in [6.45, 7) is 3.20. The number of benzene rings is 1. The summed E-state index contributed by atoms with van der Waals surface area (Å²) in [5.41, 5.74) is 9.20. The first kappa shape index (κ1) is 21.3. The van der Waals surface area contributed by atoms with Gasteiger partial charge in [-0.1, -0.05) is 29.8 Å². The van der Waals surface area contributed by atoms with Crippen LogP contribution >= 0.6 is 11.6 Å². The van der Waals surface area contributed by atoms with Crippen LogP contribution in [0.1, 0.15) is 67.5 Å². The number of guanidine groups is 1. The molecule has 1 atom stereocenters. The van der Waals surface area contributed by atoms with Gasteiger partial charge in [-0.25, -0.2) is 4.99 Å². The van der Waals surface area contributed by atoms with E-state index in [9.17, 15) is 4.79 Å². The van der Waals surface area contributed by atoms with E-state index >= 15 is 0 Å². The largest absolute Gasteiger partial charge is 0.381 e. The van der Waals surface area contributed by atoms with Crippen LogP contribution in [0.25, 0.3) is 0 Å². The summed E-state index contributed by atoms with van der Waals surface area (Å²) in [5.74, 6) is 0.824. The van der Waals surface area contributed by atoms with Gasteiger partial charge in [0.15, 0.2) is 5.96 Å². The molecule has 0 spiro atoms. The Balaban J connectivity index is 1.40. The summed E-state index contributed by atoms with van der Waals surface area (Å²) in [6, 6.07) is 10.0. The number of nitrogens with two attached hydrogens (primary N) is 1. The highest BCUT2D eigenvalue weighted by Gasteiger charge is 2.41. The summed E-state index contributed by atoms with van der Waals surface area (Å²) in [5, 5.41) is 9.37. The lowest BCUT2D eigenvalue weighted by Crippen LogP contribution is -2.55. The molecule has 168 valence electrons. The molecular formula is C24H28ClN5O2. The van der Waals surface area contributed by atoms with Gasteiger partial charge in [-0.15, -0.1) is 0 Å². The maximum atomic E-state index is 13.1. The Bertz CT molecular complexity index is 1050. The Morgan fingerprint density at radius 2 is 1.94 bits per heavy atom. The van der Waals surface area contributed by atoms with E-state index in [2.05, 4.69) is 16.3 Å². The molecule has 2 N–H and O–H groups in total. The maximum Gasteiger partial charge on any atom is 0.232 e. The molecular weight excluding hydrogens is 426 g/mol. The van der Waals surface area contributed by atoms with Crippen LogP contribution in [0.3, 0.4) is 0 Å². The van der Waals surface area contributed by atoms with Crippen LogP contribution in [0.4, 0.5) is 0 Å². The smallest absolute Gasteiger partial charge is 0.232 e. The van der Waals surface area contributed by atoms with Crippen molar-refractivity contribution in [2.75, 3.05) is 13.2 Å². The number of aliphatic imine (C=N–C) groups is 1. The van der Waals surface area contributed by atoms with Crippen molar-refractivity contribution in [3.05, 3.63) is 57.9 Å². The molecule has 7 nitrogen and oxygen atoms in total. The monoisotopic (exact) mass is 453 g/mol. The fourth-order valence-corrected chi connectivity index (χ4v) is 5.13. The van der Waals surface area contributed by atoms with E-state index in [4.69, 9.17) is 27.1 Å². The van der Waals surface area contributed by atoms with Crippen LogP contribution in [0, 0.1) is 0 Å². The lowest BCUT2D eigenvalue weighted by atomic mass is 9.85. The van der Waals surface area contributed by atoms with Gasteiger partial charge in [-0.2, -0.15) is 10.2 Å². The molecule has 3 aliphatic rings. The average Bonchev–Trinajstić information content (AvgIpc) is 3.61. The van der Waals surface area contributed by atoms with Gasteiger partial charge in [-0.3, -0.25) is 9.69 Å². The number of aromatic nitrogens is 2. The van der Waals surface area contributed by atoms with Gasteiger partial charge in [-0.05, 0) is 55.9 Å². The molecule has 1 aromatic carbocycles. The summed E-state index contributed by atoms with van der Waals surface area (Å²) in [6.07, 6.45) is 4.75. The van der Waals surface area contributed by atoms with Crippen LogP contribution in [-0.4, -0.2) is 46.2 Å². The number of halogens is 1. The fraction of sp³-hybridized carbons (Fsp3) is 0.500. The zero-order valence-electron chi connectivity index (χ0n) is 18.3. The molecule has 8 heteroatoms. The van der Waals surface area contributed by atoms with Gasteiger partial charge in [0.05, 0.1) is 23.3 Å². The zero-order valence-corrected chi connectivity index (χ0v) is 19.0. The van der Waals surface area contributed by atoms with Crippen molar-refractivity contribution in [1.29, 1.82) is 0 Å². The van der Waals surface area contributed by atoms with E-state index in [0.717, 1.165) is 35.4 Å². The van der Waals surface area contributed by atoms with Crippen molar-refractivity contribution in [2.24, 2.45) is 10.7 Å². The highest BCUT2D eigenvalue weighted by atomic mass is 35.5. The Kier molecular flexibility index (Phi) is 5.63. The predicted octanol–water partition coefficient (Wildman–Crippen LogP) is 3.54. The quantitative estimate of drug-likeness (QED) is 0.747. The molecule has 2 aromatic rings. The molecule has 3 heterocycles. The van der Waals surface area contributed by atoms with E-state index in [0.29, 0.717) is 30.6 Å². The first-order valence-electron chi connectivity index (χ1n) is 11.3. The summed E-state index contributed by atoms with van der Waals surface area (Å²) < 4.78 is 5.42. The number of rotatable bonds is 5. The van der Waals surface area contributed by atoms with Crippen LogP contribution in [0.5, 0.6) is 0 Å². The first-order chi connectivity index (χ1) is 15.4. The minimum Gasteiger partial charge on any atom is -0.381 e. The maximum absolute atomic E-state index is 13.1. The second kappa shape index (κ2) is 8.45. The molecule has 32 heavy (non-hydrogen) atoms. The number of hydrogen-bond donors (Lipinski definition) is 1. The van der Waals surface area contributed by atoms with Crippen LogP contribution in [-0.2, 0) is 21.5 Å².